The van der Waals surface area contributed by atoms with E-state index in [1.807, 2.05) is 42.0 Å². The van der Waals surface area contributed by atoms with Gasteiger partial charge in [-0.15, -0.1) is 0 Å². The van der Waals surface area contributed by atoms with E-state index in [0.29, 0.717) is 0 Å². The predicted molar refractivity (Wildman–Crippen MR) is 125 cm³/mol. The van der Waals surface area contributed by atoms with Crippen LogP contribution in [0.2, 0.25) is 0 Å². The fourth-order valence-electron chi connectivity index (χ4n) is 4.06. The fraction of sp³-hybridized carbons (Fsp3) is 0.333. The van der Waals surface area contributed by atoms with E-state index in [0.717, 1.165) is 36.9 Å². The molecule has 33 heavy (non-hydrogen) atoms. The van der Waals surface area contributed by atoms with Crippen LogP contribution in [0.25, 0.3) is 5.69 Å². The van der Waals surface area contributed by atoms with E-state index >= 15 is 0 Å². The number of sulfonamides is 1. The molecule has 1 unspecified atom stereocenters. The van der Waals surface area contributed by atoms with Crippen molar-refractivity contribution in [3.05, 3.63) is 72.3 Å². The van der Waals surface area contributed by atoms with Crippen molar-refractivity contribution in [1.82, 2.24) is 19.6 Å². The highest BCUT2D eigenvalue weighted by Crippen LogP contribution is 2.27. The van der Waals surface area contributed by atoms with E-state index in [4.69, 9.17) is 4.74 Å². The van der Waals surface area contributed by atoms with Crippen LogP contribution in [0.1, 0.15) is 54.6 Å². The number of carbonyl (C=O) groups is 1. The molecule has 4 rings (SSSR count). The Morgan fingerprint density at radius 3 is 2.52 bits per heavy atom. The molecular formula is C24H28N4O4S. The van der Waals surface area contributed by atoms with Crippen LogP contribution in [0.4, 0.5) is 0 Å². The molecule has 1 amide bonds. The van der Waals surface area contributed by atoms with Gasteiger partial charge in [-0.25, -0.2) is 18.1 Å². The number of rotatable bonds is 8. The Balaban J connectivity index is 1.50. The monoisotopic (exact) mass is 468 g/mol. The first-order valence-electron chi connectivity index (χ1n) is 11.0. The Hall–Kier alpha value is -3.17. The van der Waals surface area contributed by atoms with E-state index in [-0.39, 0.29) is 34.2 Å². The average molecular weight is 469 g/mol. The number of imidazole rings is 1. The molecule has 1 aliphatic carbocycles. The molecule has 1 heterocycles. The molecule has 9 heteroatoms. The predicted octanol–water partition coefficient (Wildman–Crippen LogP) is 3.59. The molecule has 1 fully saturated rings. The maximum absolute atomic E-state index is 13.0. The summed E-state index contributed by atoms with van der Waals surface area (Å²) in [6, 6.07) is 11.9. The van der Waals surface area contributed by atoms with Crippen LogP contribution < -0.4 is 14.8 Å². The number of benzene rings is 2. The standard InChI is InChI=1S/C24H28N4O4S/c1-17(18-7-10-21(11-8-18)28-14-13-25-16-28)26-24(29)19-9-12-22(32-2)23(15-19)33(30,31)27-20-5-3-4-6-20/h7-17,20,27H,3-6H2,1-2H3,(H,26,29). The van der Waals surface area contributed by atoms with Crippen molar-refractivity contribution in [3.8, 4) is 11.4 Å². The number of carbonyl (C=O) groups excluding carboxylic acids is 1. The van der Waals surface area contributed by atoms with E-state index in [2.05, 4.69) is 15.0 Å². The lowest BCUT2D eigenvalue weighted by Gasteiger charge is -2.17. The Morgan fingerprint density at radius 2 is 1.88 bits per heavy atom. The summed E-state index contributed by atoms with van der Waals surface area (Å²) >= 11 is 0. The Kier molecular flexibility index (Phi) is 6.80. The van der Waals surface area contributed by atoms with Gasteiger partial charge in [-0.3, -0.25) is 4.79 Å². The summed E-state index contributed by atoms with van der Waals surface area (Å²) in [4.78, 5) is 16.9. The van der Waals surface area contributed by atoms with Crippen molar-refractivity contribution < 1.29 is 17.9 Å². The number of amides is 1. The zero-order chi connectivity index (χ0) is 23.4. The van der Waals surface area contributed by atoms with Crippen LogP contribution >= 0.6 is 0 Å². The van der Waals surface area contributed by atoms with E-state index in [1.54, 1.807) is 18.6 Å². The highest BCUT2D eigenvalue weighted by Gasteiger charge is 2.27. The van der Waals surface area contributed by atoms with Gasteiger partial charge >= 0.3 is 0 Å². The Bertz CT molecular complexity index is 1200. The van der Waals surface area contributed by atoms with Crippen molar-refractivity contribution >= 4 is 15.9 Å². The molecule has 0 radical (unpaired) electrons. The SMILES string of the molecule is COc1ccc(C(=O)NC(C)c2ccc(-n3ccnc3)cc2)cc1S(=O)(=O)NC1CCCC1. The lowest BCUT2D eigenvalue weighted by atomic mass is 10.1. The minimum absolute atomic E-state index is 0.0260. The van der Waals surface area contributed by atoms with Gasteiger partial charge in [0.15, 0.2) is 0 Å². The summed E-state index contributed by atoms with van der Waals surface area (Å²) in [6.07, 6.45) is 8.94. The number of aromatic nitrogens is 2. The number of nitrogens with one attached hydrogen (secondary N) is 2. The third-order valence-electron chi connectivity index (χ3n) is 5.94. The highest BCUT2D eigenvalue weighted by atomic mass is 32.2. The van der Waals surface area contributed by atoms with Crippen LogP contribution in [0.15, 0.2) is 66.1 Å². The van der Waals surface area contributed by atoms with Gasteiger partial charge in [-0.05, 0) is 55.7 Å². The lowest BCUT2D eigenvalue weighted by Crippen LogP contribution is -2.33. The summed E-state index contributed by atoms with van der Waals surface area (Å²) in [5, 5.41) is 2.94. The van der Waals surface area contributed by atoms with Crippen LogP contribution in [-0.2, 0) is 10.0 Å². The Morgan fingerprint density at radius 1 is 1.15 bits per heavy atom. The molecule has 3 aromatic rings. The molecule has 174 valence electrons. The third kappa shape index (κ3) is 5.26. The number of ether oxygens (including phenoxy) is 1. The van der Waals surface area contributed by atoms with Crippen molar-refractivity contribution in [3.63, 3.8) is 0 Å². The Labute approximate surface area is 194 Å². The van der Waals surface area contributed by atoms with Crippen LogP contribution in [0.3, 0.4) is 0 Å². The second-order valence-corrected chi connectivity index (χ2v) is 9.91. The van der Waals surface area contributed by atoms with E-state index in [9.17, 15) is 13.2 Å². The molecule has 8 nitrogen and oxygen atoms in total. The zero-order valence-corrected chi connectivity index (χ0v) is 19.5. The van der Waals surface area contributed by atoms with Gasteiger partial charge < -0.3 is 14.6 Å². The van der Waals surface area contributed by atoms with Gasteiger partial charge in [-0.1, -0.05) is 25.0 Å². The van der Waals surface area contributed by atoms with Crippen molar-refractivity contribution in [2.75, 3.05) is 7.11 Å². The summed E-state index contributed by atoms with van der Waals surface area (Å²) in [7, 11) is -2.40. The quantitative estimate of drug-likeness (QED) is 0.526. The molecule has 0 aliphatic heterocycles. The van der Waals surface area contributed by atoms with Crippen molar-refractivity contribution in [1.29, 1.82) is 0 Å². The number of hydrogen-bond acceptors (Lipinski definition) is 5. The number of hydrogen-bond donors (Lipinski definition) is 2. The summed E-state index contributed by atoms with van der Waals surface area (Å²) < 4.78 is 35.9. The van der Waals surface area contributed by atoms with Crippen LogP contribution in [0.5, 0.6) is 5.75 Å². The van der Waals surface area contributed by atoms with Crippen LogP contribution in [-0.4, -0.2) is 37.0 Å². The maximum Gasteiger partial charge on any atom is 0.251 e. The van der Waals surface area contributed by atoms with E-state index < -0.39 is 10.0 Å². The average Bonchev–Trinajstić information content (AvgIpc) is 3.53. The first-order valence-corrected chi connectivity index (χ1v) is 12.5. The fourth-order valence-corrected chi connectivity index (χ4v) is 5.56. The molecular weight excluding hydrogens is 440 g/mol. The minimum Gasteiger partial charge on any atom is -0.495 e. The molecule has 2 N–H and O–H groups in total. The minimum atomic E-state index is -3.81. The van der Waals surface area contributed by atoms with Gasteiger partial charge in [0.2, 0.25) is 10.0 Å². The highest BCUT2D eigenvalue weighted by molar-refractivity contribution is 7.89. The van der Waals surface area contributed by atoms with Crippen molar-refractivity contribution in [2.45, 2.75) is 49.6 Å². The first kappa shape index (κ1) is 23.0. The van der Waals surface area contributed by atoms with Gasteiger partial charge in [0, 0.05) is 29.7 Å². The van der Waals surface area contributed by atoms with E-state index in [1.165, 1.54) is 19.2 Å². The van der Waals surface area contributed by atoms with Gasteiger partial charge in [0.25, 0.3) is 5.91 Å². The third-order valence-corrected chi connectivity index (χ3v) is 7.48. The number of nitrogens with zero attached hydrogens (tertiary/aromatic N) is 2. The lowest BCUT2D eigenvalue weighted by molar-refractivity contribution is 0.0939. The normalized spacial score (nSPS) is 15.3. The van der Waals surface area contributed by atoms with Crippen molar-refractivity contribution in [2.24, 2.45) is 0 Å². The summed E-state index contributed by atoms with van der Waals surface area (Å²) in [5.41, 5.74) is 2.15. The molecule has 1 aliphatic rings. The smallest absolute Gasteiger partial charge is 0.251 e. The first-order chi connectivity index (χ1) is 15.9. The molecule has 1 atom stereocenters. The second-order valence-electron chi connectivity index (χ2n) is 8.22. The molecule has 1 aromatic heterocycles. The molecule has 0 bridgehead atoms. The van der Waals surface area contributed by atoms with Gasteiger partial charge in [0.1, 0.15) is 10.6 Å². The molecule has 2 aromatic carbocycles. The summed E-state index contributed by atoms with van der Waals surface area (Å²) in [5.74, 6) is -0.152. The largest absolute Gasteiger partial charge is 0.495 e. The second kappa shape index (κ2) is 9.76. The summed E-state index contributed by atoms with van der Waals surface area (Å²) in [6.45, 7) is 1.88. The van der Waals surface area contributed by atoms with Crippen LogP contribution in [0, 0.1) is 0 Å². The van der Waals surface area contributed by atoms with Gasteiger partial charge in [-0.2, -0.15) is 0 Å². The maximum atomic E-state index is 13.0. The van der Waals surface area contributed by atoms with Gasteiger partial charge in [0.05, 0.1) is 19.5 Å². The molecule has 1 saturated carbocycles. The zero-order valence-electron chi connectivity index (χ0n) is 18.7. The number of methoxy groups -OCH3 is 1. The molecule has 0 saturated heterocycles. The topological polar surface area (TPSA) is 102 Å². The molecule has 0 spiro atoms.